The van der Waals surface area contributed by atoms with Gasteiger partial charge in [0.05, 0.1) is 32.7 Å². The smallest absolute Gasteiger partial charge is 0.286 e. The molecule has 0 spiro atoms. The Hall–Kier alpha value is -2.27. The molecule has 2 N–H and O–H groups in total. The van der Waals surface area contributed by atoms with Crippen molar-refractivity contribution in [3.8, 4) is 28.1 Å². The summed E-state index contributed by atoms with van der Waals surface area (Å²) < 4.78 is 26.5. The van der Waals surface area contributed by atoms with Crippen LogP contribution in [0.25, 0.3) is 16.3 Å². The van der Waals surface area contributed by atoms with Crippen molar-refractivity contribution in [1.29, 1.82) is 0 Å². The van der Waals surface area contributed by atoms with Crippen molar-refractivity contribution < 1.29 is 13.6 Å². The number of carbonyl (C=O) groups excluding carboxylic acids is 1. The third-order valence-electron chi connectivity index (χ3n) is 8.67. The van der Waals surface area contributed by atoms with Gasteiger partial charge in [-0.25, -0.2) is 18.9 Å². The maximum atomic E-state index is 14.0. The molecule has 240 valence electrons. The van der Waals surface area contributed by atoms with Crippen LogP contribution in [-0.2, 0) is 17.8 Å². The van der Waals surface area contributed by atoms with Crippen molar-refractivity contribution in [2.24, 2.45) is 5.92 Å². The third kappa shape index (κ3) is 7.83. The molecule has 45 heavy (non-hydrogen) atoms. The molecule has 1 aromatic carbocycles. The number of hydrogen-bond acceptors (Lipinski definition) is 6. The second-order valence-electron chi connectivity index (χ2n) is 11.8. The Labute approximate surface area is 281 Å². The molecule has 3 aromatic rings. The maximum absolute atomic E-state index is 14.0. The summed E-state index contributed by atoms with van der Waals surface area (Å²) in [7, 11) is 0. The number of aromatic nitrogens is 2. The molecule has 4 heterocycles. The molecule has 1 unspecified atom stereocenters. The summed E-state index contributed by atoms with van der Waals surface area (Å²) in [5.74, 6) is 6.87. The Bertz CT molecular complexity index is 1600. The number of amides is 1. The predicted octanol–water partition coefficient (Wildman–Crippen LogP) is 6.92. The van der Waals surface area contributed by atoms with E-state index in [1.54, 1.807) is 22.9 Å². The molecule has 1 amide bonds. The van der Waals surface area contributed by atoms with E-state index < -0.39 is 11.3 Å². The van der Waals surface area contributed by atoms with E-state index >= 15 is 0 Å². The lowest BCUT2D eigenvalue weighted by Gasteiger charge is -2.34. The number of rotatable bonds is 8. The van der Waals surface area contributed by atoms with Crippen LogP contribution in [0.1, 0.15) is 85.1 Å². The van der Waals surface area contributed by atoms with Crippen LogP contribution in [0, 0.1) is 17.8 Å². The Morgan fingerprint density at radius 3 is 2.42 bits per heavy atom. The minimum Gasteiger partial charge on any atom is -0.293 e. The summed E-state index contributed by atoms with van der Waals surface area (Å²) >= 11 is 12.2. The quantitative estimate of drug-likeness (QED) is 0.197. The monoisotopic (exact) mass is 688 g/mol. The largest absolute Gasteiger partial charge is 0.293 e. The van der Waals surface area contributed by atoms with Crippen LogP contribution in [0.15, 0.2) is 30.3 Å². The fourth-order valence-electron chi connectivity index (χ4n) is 6.33. The highest BCUT2D eigenvalue weighted by atomic mass is 35.5. The highest BCUT2D eigenvalue weighted by molar-refractivity contribution is 7.76. The molecule has 13 heteroatoms. The number of thiophene rings is 1. The van der Waals surface area contributed by atoms with Gasteiger partial charge in [0.15, 0.2) is 5.69 Å². The lowest BCUT2D eigenvalue weighted by atomic mass is 10.1. The van der Waals surface area contributed by atoms with Crippen molar-refractivity contribution in [3.05, 3.63) is 56.5 Å². The molecular formula is C32H38Cl2N6O3S2. The van der Waals surface area contributed by atoms with Gasteiger partial charge >= 0.3 is 0 Å². The standard InChI is InChI=1S/C32H38Cl2N6O3S2/c33-24-12-15-28(27(34)21-24)40-31(29-16-14-25(44-29)13-11-23-9-3-4-10-23)26(22-39(45(42)43)38-19-7-2-8-20-38)30(35-40)32(41)36-37-17-5-1-6-18-37/h12,14-16,21,23H,1-10,17-20,22H2,(H,36,41)(H,42,43). The number of nitrogens with zero attached hydrogens (tertiary/aromatic N) is 5. The van der Waals surface area contributed by atoms with Crippen molar-refractivity contribution >= 4 is 51.7 Å². The van der Waals surface area contributed by atoms with Crippen LogP contribution in [0.3, 0.4) is 0 Å². The van der Waals surface area contributed by atoms with Gasteiger partial charge in [-0.05, 0) is 68.9 Å². The van der Waals surface area contributed by atoms with Gasteiger partial charge in [0.2, 0.25) is 11.3 Å². The average molecular weight is 690 g/mol. The molecular weight excluding hydrogens is 651 g/mol. The number of hydrazine groups is 2. The van der Waals surface area contributed by atoms with Gasteiger partial charge in [-0.2, -0.15) is 5.10 Å². The van der Waals surface area contributed by atoms with Gasteiger partial charge in [0.25, 0.3) is 5.91 Å². The minimum absolute atomic E-state index is 0.00733. The first-order valence-corrected chi connectivity index (χ1v) is 18.4. The summed E-state index contributed by atoms with van der Waals surface area (Å²) in [6.45, 7) is 2.84. The summed E-state index contributed by atoms with van der Waals surface area (Å²) in [5, 5.41) is 9.58. The van der Waals surface area contributed by atoms with E-state index in [9.17, 15) is 13.6 Å². The zero-order valence-electron chi connectivity index (χ0n) is 25.1. The maximum Gasteiger partial charge on any atom is 0.286 e. The Kier molecular flexibility index (Phi) is 11.0. The number of nitrogens with one attached hydrogen (secondary N) is 1. The van der Waals surface area contributed by atoms with Gasteiger partial charge < -0.3 is 0 Å². The molecule has 2 saturated heterocycles. The van der Waals surface area contributed by atoms with E-state index in [4.69, 9.17) is 28.3 Å². The lowest BCUT2D eigenvalue weighted by molar-refractivity contribution is 0.0310. The number of benzene rings is 1. The van der Waals surface area contributed by atoms with E-state index in [1.165, 1.54) is 28.6 Å². The summed E-state index contributed by atoms with van der Waals surface area (Å²) in [5.41, 5.74) is 4.97. The molecule has 1 aliphatic carbocycles. The summed E-state index contributed by atoms with van der Waals surface area (Å²) in [4.78, 5) is 15.8. The van der Waals surface area contributed by atoms with Gasteiger partial charge in [-0.1, -0.05) is 60.7 Å². The van der Waals surface area contributed by atoms with Crippen LogP contribution in [0.5, 0.6) is 0 Å². The fourth-order valence-corrected chi connectivity index (χ4v) is 8.34. The fraction of sp³-hybridized carbons (Fsp3) is 0.500. The third-order valence-corrected chi connectivity index (χ3v) is 10.9. The average Bonchev–Trinajstić information content (AvgIpc) is 3.80. The highest BCUT2D eigenvalue weighted by Gasteiger charge is 2.32. The Balaban J connectivity index is 1.48. The van der Waals surface area contributed by atoms with Crippen molar-refractivity contribution in [2.75, 3.05) is 26.2 Å². The molecule has 3 aliphatic rings. The van der Waals surface area contributed by atoms with Crippen molar-refractivity contribution in [3.63, 3.8) is 0 Å². The number of halogens is 2. The van der Waals surface area contributed by atoms with Gasteiger partial charge in [-0.15, -0.1) is 15.8 Å². The molecule has 2 aromatic heterocycles. The molecule has 6 rings (SSSR count). The van der Waals surface area contributed by atoms with Gasteiger partial charge in [0, 0.05) is 42.7 Å². The molecule has 3 fully saturated rings. The van der Waals surface area contributed by atoms with Gasteiger partial charge in [-0.3, -0.25) is 14.8 Å². The lowest BCUT2D eigenvalue weighted by Crippen LogP contribution is -2.47. The zero-order valence-corrected chi connectivity index (χ0v) is 28.3. The van der Waals surface area contributed by atoms with E-state index in [0.29, 0.717) is 46.0 Å². The normalized spacial score (nSPS) is 19.0. The van der Waals surface area contributed by atoms with Crippen LogP contribution < -0.4 is 5.43 Å². The van der Waals surface area contributed by atoms with Crippen LogP contribution >= 0.6 is 34.5 Å². The van der Waals surface area contributed by atoms with Gasteiger partial charge in [0.1, 0.15) is 0 Å². The topological polar surface area (TPSA) is 93.9 Å². The van der Waals surface area contributed by atoms with Crippen LogP contribution in [-0.4, -0.2) is 65.1 Å². The highest BCUT2D eigenvalue weighted by Crippen LogP contribution is 2.38. The van der Waals surface area contributed by atoms with E-state index in [1.807, 2.05) is 22.2 Å². The van der Waals surface area contributed by atoms with Crippen LogP contribution in [0.4, 0.5) is 0 Å². The van der Waals surface area contributed by atoms with E-state index in [0.717, 1.165) is 74.2 Å². The number of piperidine rings is 2. The zero-order chi connectivity index (χ0) is 31.3. The van der Waals surface area contributed by atoms with E-state index in [-0.39, 0.29) is 18.1 Å². The summed E-state index contributed by atoms with van der Waals surface area (Å²) in [6.07, 6.45) is 10.8. The predicted molar refractivity (Wildman–Crippen MR) is 180 cm³/mol. The Morgan fingerprint density at radius 2 is 1.73 bits per heavy atom. The molecule has 0 radical (unpaired) electrons. The summed E-state index contributed by atoms with van der Waals surface area (Å²) in [6, 6.07) is 9.13. The van der Waals surface area contributed by atoms with Crippen molar-refractivity contribution in [2.45, 2.75) is 70.8 Å². The molecule has 2 aliphatic heterocycles. The second-order valence-corrected chi connectivity index (χ2v) is 14.7. The van der Waals surface area contributed by atoms with E-state index in [2.05, 4.69) is 17.3 Å². The number of carbonyl (C=O) groups is 1. The second kappa shape index (κ2) is 15.1. The molecule has 9 nitrogen and oxygen atoms in total. The SMILES string of the molecule is O=C(NN1CCCCC1)c1nn(-c2ccc(Cl)cc2Cl)c(-c2ccc(C#CC3CCCC3)s2)c1CN(N1CCCCC1)S(=O)O. The Morgan fingerprint density at radius 1 is 1.02 bits per heavy atom. The molecule has 1 saturated carbocycles. The minimum atomic E-state index is -2.32. The van der Waals surface area contributed by atoms with Crippen molar-refractivity contribution in [1.82, 2.24) is 29.6 Å². The van der Waals surface area contributed by atoms with Crippen LogP contribution in [0.2, 0.25) is 10.0 Å². The number of hydrogen-bond donors (Lipinski definition) is 2. The molecule has 1 atom stereocenters. The first-order chi connectivity index (χ1) is 21.9. The molecule has 0 bridgehead atoms. The first-order valence-electron chi connectivity index (χ1n) is 15.8. The first kappa shape index (κ1) is 32.7.